The Morgan fingerprint density at radius 3 is 2.38 bits per heavy atom. The zero-order valence-electron chi connectivity index (χ0n) is 19.4. The molecule has 0 amide bonds. The van der Waals surface area contributed by atoms with Crippen LogP contribution in [0.4, 0.5) is 5.69 Å². The Bertz CT molecular complexity index is 1020. The molecule has 32 heavy (non-hydrogen) atoms. The maximum Gasteiger partial charge on any atom is 0.241 e. The lowest BCUT2D eigenvalue weighted by atomic mass is 10.1. The molecule has 0 saturated carbocycles. The number of anilines is 1. The molecule has 178 valence electrons. The average molecular weight is 577 g/mol. The number of halogens is 1. The van der Waals surface area contributed by atoms with Gasteiger partial charge >= 0.3 is 0 Å². The number of nitrogens with one attached hydrogen (secondary N) is 3. The van der Waals surface area contributed by atoms with E-state index in [9.17, 15) is 8.42 Å². The van der Waals surface area contributed by atoms with Crippen LogP contribution in [-0.4, -0.2) is 40.7 Å². The number of aliphatic imine (C=N–C) groups is 1. The molecule has 0 heterocycles. The Balaban J connectivity index is 0.00000512. The molecule has 0 aliphatic heterocycles. The fraction of sp³-hybridized carbons (Fsp3) is 0.409. The summed E-state index contributed by atoms with van der Waals surface area (Å²) in [5.74, 6) is 1.75. The first-order valence-corrected chi connectivity index (χ1v) is 11.5. The van der Waals surface area contributed by atoms with Crippen LogP contribution in [0.3, 0.4) is 0 Å². The van der Waals surface area contributed by atoms with E-state index in [1.54, 1.807) is 44.5 Å². The molecule has 0 aliphatic carbocycles. The topological polar surface area (TPSA) is 101 Å². The molecule has 3 N–H and O–H groups in total. The Kier molecular flexibility index (Phi) is 10.7. The quantitative estimate of drug-likeness (QED) is 0.250. The minimum atomic E-state index is -3.66. The van der Waals surface area contributed by atoms with Gasteiger partial charge in [0.2, 0.25) is 10.0 Å². The minimum absolute atomic E-state index is 0. The first kappa shape index (κ1) is 28.0. The van der Waals surface area contributed by atoms with Crippen molar-refractivity contribution in [2.45, 2.75) is 44.7 Å². The third kappa shape index (κ3) is 8.14. The molecular weight excluding hydrogens is 543 g/mol. The van der Waals surface area contributed by atoms with Gasteiger partial charge in [-0.05, 0) is 51.5 Å². The molecule has 2 aromatic rings. The standard InChI is InChI=1S/C22H32N4O4S.HI/c1-7-30-19-14-17(12-13-18(19)29-6)25-21(23-5)24-15-16-10-8-9-11-20(16)31(27,28)26-22(2,3)4;/h8-14,26H,7,15H2,1-6H3,(H2,23,24,25);1H. The first-order chi connectivity index (χ1) is 14.6. The number of hydrogen-bond donors (Lipinski definition) is 3. The second-order valence-electron chi connectivity index (χ2n) is 7.81. The van der Waals surface area contributed by atoms with Crippen LogP contribution in [0.15, 0.2) is 52.4 Å². The maximum atomic E-state index is 12.8. The van der Waals surface area contributed by atoms with Gasteiger partial charge in [-0.3, -0.25) is 4.99 Å². The monoisotopic (exact) mass is 576 g/mol. The van der Waals surface area contributed by atoms with Crippen LogP contribution >= 0.6 is 24.0 Å². The van der Waals surface area contributed by atoms with Crippen LogP contribution < -0.4 is 24.8 Å². The molecular formula is C22H33IN4O4S. The predicted molar refractivity (Wildman–Crippen MR) is 140 cm³/mol. The van der Waals surface area contributed by atoms with E-state index in [2.05, 4.69) is 20.3 Å². The molecule has 2 aromatic carbocycles. The second kappa shape index (κ2) is 12.3. The van der Waals surface area contributed by atoms with Crippen molar-refractivity contribution in [3.63, 3.8) is 0 Å². The number of guanidine groups is 1. The lowest BCUT2D eigenvalue weighted by molar-refractivity contribution is 0.311. The maximum absolute atomic E-state index is 12.8. The first-order valence-electron chi connectivity index (χ1n) is 10.00. The summed E-state index contributed by atoms with van der Waals surface area (Å²) in [5.41, 5.74) is 0.809. The highest BCUT2D eigenvalue weighted by atomic mass is 127. The van der Waals surface area contributed by atoms with Crippen LogP contribution in [0.2, 0.25) is 0 Å². The van der Waals surface area contributed by atoms with Gasteiger partial charge in [-0.2, -0.15) is 0 Å². The lowest BCUT2D eigenvalue weighted by Crippen LogP contribution is -2.41. The van der Waals surface area contributed by atoms with Gasteiger partial charge in [0.05, 0.1) is 18.6 Å². The van der Waals surface area contributed by atoms with Crippen LogP contribution in [0.25, 0.3) is 0 Å². The average Bonchev–Trinajstić information content (AvgIpc) is 2.70. The summed E-state index contributed by atoms with van der Waals surface area (Å²) in [7, 11) is -0.429. The van der Waals surface area contributed by atoms with E-state index in [-0.39, 0.29) is 35.4 Å². The number of hydrogen-bond acceptors (Lipinski definition) is 5. The molecule has 0 saturated heterocycles. The molecule has 0 fully saturated rings. The van der Waals surface area contributed by atoms with E-state index >= 15 is 0 Å². The van der Waals surface area contributed by atoms with Gasteiger partial charge in [0.15, 0.2) is 17.5 Å². The van der Waals surface area contributed by atoms with E-state index in [1.807, 2.05) is 39.8 Å². The number of sulfonamides is 1. The molecule has 0 aromatic heterocycles. The van der Waals surface area contributed by atoms with Gasteiger partial charge in [0, 0.05) is 30.9 Å². The van der Waals surface area contributed by atoms with E-state index in [4.69, 9.17) is 9.47 Å². The van der Waals surface area contributed by atoms with Crippen LogP contribution in [0.5, 0.6) is 11.5 Å². The Hall–Kier alpha value is -2.05. The largest absolute Gasteiger partial charge is 0.493 e. The SMILES string of the molecule is CCOc1cc(NC(=NC)NCc2ccccc2S(=O)(=O)NC(C)(C)C)ccc1OC.I. The van der Waals surface area contributed by atoms with Gasteiger partial charge in [0.25, 0.3) is 0 Å². The highest BCUT2D eigenvalue weighted by Gasteiger charge is 2.24. The number of rotatable bonds is 8. The Morgan fingerprint density at radius 1 is 1.09 bits per heavy atom. The van der Waals surface area contributed by atoms with Crippen LogP contribution in [0, 0.1) is 0 Å². The van der Waals surface area contributed by atoms with Gasteiger partial charge in [0.1, 0.15) is 0 Å². The third-order valence-electron chi connectivity index (χ3n) is 4.10. The van der Waals surface area contributed by atoms with Crippen LogP contribution in [-0.2, 0) is 16.6 Å². The molecule has 0 aliphatic rings. The van der Waals surface area contributed by atoms with Crippen molar-refractivity contribution in [2.24, 2.45) is 4.99 Å². The van der Waals surface area contributed by atoms with Crippen molar-refractivity contribution < 1.29 is 17.9 Å². The number of ether oxygens (including phenoxy) is 2. The zero-order valence-corrected chi connectivity index (χ0v) is 22.5. The number of benzene rings is 2. The second-order valence-corrected chi connectivity index (χ2v) is 9.46. The normalized spacial score (nSPS) is 12.0. The van der Waals surface area contributed by atoms with Crippen LogP contribution in [0.1, 0.15) is 33.3 Å². The highest BCUT2D eigenvalue weighted by Crippen LogP contribution is 2.30. The number of nitrogens with zero attached hydrogens (tertiary/aromatic N) is 1. The lowest BCUT2D eigenvalue weighted by Gasteiger charge is -2.22. The molecule has 2 rings (SSSR count). The molecule has 0 unspecified atom stereocenters. The Morgan fingerprint density at radius 2 is 1.78 bits per heavy atom. The van der Waals surface area contributed by atoms with Gasteiger partial charge in [-0.15, -0.1) is 24.0 Å². The van der Waals surface area contributed by atoms with Crippen molar-refractivity contribution in [1.29, 1.82) is 0 Å². The van der Waals surface area contributed by atoms with Crippen molar-refractivity contribution in [1.82, 2.24) is 10.0 Å². The molecule has 0 spiro atoms. The fourth-order valence-corrected chi connectivity index (χ4v) is 4.55. The summed E-state index contributed by atoms with van der Waals surface area (Å²) >= 11 is 0. The zero-order chi connectivity index (χ0) is 23.1. The number of methoxy groups -OCH3 is 1. The van der Waals surface area contributed by atoms with E-state index in [0.717, 1.165) is 5.69 Å². The summed E-state index contributed by atoms with van der Waals surface area (Å²) in [5, 5.41) is 6.35. The summed E-state index contributed by atoms with van der Waals surface area (Å²) in [6, 6.07) is 12.4. The summed E-state index contributed by atoms with van der Waals surface area (Å²) in [4.78, 5) is 4.46. The fourth-order valence-electron chi connectivity index (χ4n) is 2.89. The summed E-state index contributed by atoms with van der Waals surface area (Å²) in [6.45, 7) is 8.11. The molecule has 0 atom stereocenters. The van der Waals surface area contributed by atoms with Crippen molar-refractivity contribution in [3.05, 3.63) is 48.0 Å². The van der Waals surface area contributed by atoms with Crippen molar-refractivity contribution in [3.8, 4) is 11.5 Å². The molecule has 8 nitrogen and oxygen atoms in total. The summed E-state index contributed by atoms with van der Waals surface area (Å²) in [6.07, 6.45) is 0. The minimum Gasteiger partial charge on any atom is -0.493 e. The van der Waals surface area contributed by atoms with E-state index in [1.165, 1.54) is 0 Å². The third-order valence-corrected chi connectivity index (χ3v) is 5.96. The van der Waals surface area contributed by atoms with Crippen molar-refractivity contribution in [2.75, 3.05) is 26.1 Å². The molecule has 10 heteroatoms. The molecule has 0 bridgehead atoms. The van der Waals surface area contributed by atoms with E-state index in [0.29, 0.717) is 29.6 Å². The highest BCUT2D eigenvalue weighted by molar-refractivity contribution is 14.0. The smallest absolute Gasteiger partial charge is 0.241 e. The van der Waals surface area contributed by atoms with E-state index < -0.39 is 15.6 Å². The predicted octanol–water partition coefficient (Wildman–Crippen LogP) is 3.98. The van der Waals surface area contributed by atoms with Gasteiger partial charge in [-0.25, -0.2) is 13.1 Å². The Labute approximate surface area is 208 Å². The molecule has 0 radical (unpaired) electrons. The summed E-state index contributed by atoms with van der Waals surface area (Å²) < 4.78 is 39.3. The van der Waals surface area contributed by atoms with Gasteiger partial charge < -0.3 is 20.1 Å². The van der Waals surface area contributed by atoms with Gasteiger partial charge in [-0.1, -0.05) is 18.2 Å². The van der Waals surface area contributed by atoms with Crippen molar-refractivity contribution >= 4 is 45.6 Å².